The Morgan fingerprint density at radius 3 is 2.32 bits per heavy atom. The largest absolute Gasteiger partial charge is 0.351 e. The van der Waals surface area contributed by atoms with Crippen molar-refractivity contribution in [2.24, 2.45) is 11.7 Å². The third-order valence-corrected chi connectivity index (χ3v) is 3.75. The number of amides is 1. The Hall–Kier alpha value is -0.870. The fraction of sp³-hybridized carbons (Fsp3) is 0.533. The number of nitrogens with two attached hydrogens (primary N) is 1. The van der Waals surface area contributed by atoms with Gasteiger partial charge in [-0.15, -0.1) is 0 Å². The fourth-order valence-electron chi connectivity index (χ4n) is 1.84. The number of benzene rings is 1. The van der Waals surface area contributed by atoms with Crippen molar-refractivity contribution in [2.45, 2.75) is 45.7 Å². The van der Waals surface area contributed by atoms with Gasteiger partial charge in [-0.1, -0.05) is 35.0 Å². The van der Waals surface area contributed by atoms with E-state index >= 15 is 0 Å². The van der Waals surface area contributed by atoms with Gasteiger partial charge in [-0.3, -0.25) is 4.79 Å². The highest BCUT2D eigenvalue weighted by Gasteiger charge is 2.25. The molecule has 0 aliphatic rings. The van der Waals surface area contributed by atoms with Crippen LogP contribution in [0.15, 0.2) is 28.7 Å². The number of carbonyl (C=O) groups excluding carboxylic acids is 1. The number of halogens is 1. The van der Waals surface area contributed by atoms with Gasteiger partial charge in [-0.2, -0.15) is 0 Å². The van der Waals surface area contributed by atoms with Crippen LogP contribution in [0.4, 0.5) is 0 Å². The third-order valence-electron chi connectivity index (χ3n) is 3.22. The van der Waals surface area contributed by atoms with E-state index in [2.05, 4.69) is 33.4 Å². The van der Waals surface area contributed by atoms with Gasteiger partial charge in [0, 0.05) is 22.0 Å². The molecule has 0 aromatic heterocycles. The Kier molecular flexibility index (Phi) is 5.56. The van der Waals surface area contributed by atoms with Gasteiger partial charge < -0.3 is 11.1 Å². The van der Waals surface area contributed by atoms with Crippen LogP contribution in [0, 0.1) is 5.92 Å². The van der Waals surface area contributed by atoms with Crippen LogP contribution in [0.1, 0.15) is 33.3 Å². The smallest absolute Gasteiger partial charge is 0.224 e. The number of rotatable bonds is 5. The highest BCUT2D eigenvalue weighted by Crippen LogP contribution is 2.17. The summed E-state index contributed by atoms with van der Waals surface area (Å²) < 4.78 is 1.06. The Balaban J connectivity index is 2.65. The lowest BCUT2D eigenvalue weighted by Gasteiger charge is -2.29. The van der Waals surface area contributed by atoms with Gasteiger partial charge in [0.2, 0.25) is 5.91 Å². The topological polar surface area (TPSA) is 55.1 Å². The second-order valence-corrected chi connectivity index (χ2v) is 6.74. The molecular weight excluding hydrogens is 304 g/mol. The predicted molar refractivity (Wildman–Crippen MR) is 82.9 cm³/mol. The monoisotopic (exact) mass is 326 g/mol. The van der Waals surface area contributed by atoms with Gasteiger partial charge in [0.05, 0.1) is 0 Å². The molecule has 1 aromatic carbocycles. The molecule has 0 saturated carbocycles. The summed E-state index contributed by atoms with van der Waals surface area (Å²) in [7, 11) is 0. The van der Waals surface area contributed by atoms with E-state index < -0.39 is 0 Å². The Bertz CT molecular complexity index is 426. The maximum absolute atomic E-state index is 12.0. The van der Waals surface area contributed by atoms with Crippen molar-refractivity contribution < 1.29 is 4.79 Å². The van der Waals surface area contributed by atoms with Crippen molar-refractivity contribution in [3.05, 3.63) is 34.3 Å². The summed E-state index contributed by atoms with van der Waals surface area (Å²) in [4.78, 5) is 12.0. The number of hydrogen-bond acceptors (Lipinski definition) is 2. The summed E-state index contributed by atoms with van der Waals surface area (Å²) in [5.41, 5.74) is 6.67. The van der Waals surface area contributed by atoms with E-state index in [0.29, 0.717) is 0 Å². The van der Waals surface area contributed by atoms with Crippen molar-refractivity contribution >= 4 is 21.8 Å². The molecule has 0 fully saturated rings. The molecule has 0 aliphatic carbocycles. The molecule has 19 heavy (non-hydrogen) atoms. The molecule has 4 heteroatoms. The summed E-state index contributed by atoms with van der Waals surface area (Å²) in [5.74, 6) is -0.165. The molecule has 1 amide bonds. The lowest BCUT2D eigenvalue weighted by Crippen LogP contribution is -2.49. The van der Waals surface area contributed by atoms with Gasteiger partial charge in [0.25, 0.3) is 0 Å². The Morgan fingerprint density at radius 1 is 1.32 bits per heavy atom. The SMILES string of the molecule is CC(N)C(C)C(=O)NC(C)(C)Cc1ccc(Br)cc1. The second-order valence-electron chi connectivity index (χ2n) is 5.82. The predicted octanol–water partition coefficient (Wildman–Crippen LogP) is 2.87. The first-order valence-electron chi connectivity index (χ1n) is 6.53. The first-order valence-corrected chi connectivity index (χ1v) is 7.32. The summed E-state index contributed by atoms with van der Waals surface area (Å²) in [6, 6.07) is 8.01. The number of hydrogen-bond donors (Lipinski definition) is 2. The van der Waals surface area contributed by atoms with Crippen molar-refractivity contribution in [2.75, 3.05) is 0 Å². The van der Waals surface area contributed by atoms with Crippen LogP contribution in [0.25, 0.3) is 0 Å². The molecule has 3 nitrogen and oxygen atoms in total. The zero-order valence-electron chi connectivity index (χ0n) is 12.0. The molecule has 3 N–H and O–H groups in total. The summed E-state index contributed by atoms with van der Waals surface area (Å²) in [6.45, 7) is 7.77. The van der Waals surface area contributed by atoms with Crippen molar-refractivity contribution in [1.82, 2.24) is 5.32 Å². The average molecular weight is 327 g/mol. The van der Waals surface area contributed by atoms with Crippen LogP contribution in [0.5, 0.6) is 0 Å². The highest BCUT2D eigenvalue weighted by atomic mass is 79.9. The van der Waals surface area contributed by atoms with Gasteiger partial charge in [0.1, 0.15) is 0 Å². The minimum Gasteiger partial charge on any atom is -0.351 e. The van der Waals surface area contributed by atoms with E-state index in [1.807, 2.05) is 39.8 Å². The third kappa shape index (κ3) is 5.33. The zero-order chi connectivity index (χ0) is 14.6. The van der Waals surface area contributed by atoms with Crippen LogP contribution >= 0.6 is 15.9 Å². The number of carbonyl (C=O) groups is 1. The Morgan fingerprint density at radius 2 is 1.84 bits per heavy atom. The second kappa shape index (κ2) is 6.53. The van der Waals surface area contributed by atoms with Crippen LogP contribution in [0.2, 0.25) is 0 Å². The van der Waals surface area contributed by atoms with Gasteiger partial charge in [-0.25, -0.2) is 0 Å². The minimum atomic E-state index is -0.284. The molecule has 0 spiro atoms. The molecule has 106 valence electrons. The van der Waals surface area contributed by atoms with Gasteiger partial charge in [-0.05, 0) is 44.9 Å². The van der Waals surface area contributed by atoms with Crippen molar-refractivity contribution in [1.29, 1.82) is 0 Å². The quantitative estimate of drug-likeness (QED) is 0.874. The average Bonchev–Trinajstić information content (AvgIpc) is 2.30. The fourth-order valence-corrected chi connectivity index (χ4v) is 2.11. The minimum absolute atomic E-state index is 0.0112. The maximum Gasteiger partial charge on any atom is 0.224 e. The molecule has 0 radical (unpaired) electrons. The van der Waals surface area contributed by atoms with E-state index in [4.69, 9.17) is 5.73 Å². The molecule has 0 aliphatic heterocycles. The van der Waals surface area contributed by atoms with Crippen LogP contribution in [-0.2, 0) is 11.2 Å². The molecule has 1 rings (SSSR count). The van der Waals surface area contributed by atoms with Crippen LogP contribution < -0.4 is 11.1 Å². The van der Waals surface area contributed by atoms with E-state index in [0.717, 1.165) is 10.9 Å². The highest BCUT2D eigenvalue weighted by molar-refractivity contribution is 9.10. The standard InChI is InChI=1S/C15H23BrN2O/c1-10(11(2)17)14(19)18-15(3,4)9-12-5-7-13(16)8-6-12/h5-8,10-11H,9,17H2,1-4H3,(H,18,19). The van der Waals surface area contributed by atoms with Gasteiger partial charge >= 0.3 is 0 Å². The molecule has 2 unspecified atom stereocenters. The molecule has 0 bridgehead atoms. The molecular formula is C15H23BrN2O. The number of nitrogens with one attached hydrogen (secondary N) is 1. The van der Waals surface area contributed by atoms with Gasteiger partial charge in [0.15, 0.2) is 0 Å². The molecule has 2 atom stereocenters. The maximum atomic E-state index is 12.0. The molecule has 0 heterocycles. The lowest BCUT2D eigenvalue weighted by molar-refractivity contribution is -0.126. The first kappa shape index (κ1) is 16.2. The van der Waals surface area contributed by atoms with Crippen LogP contribution in [-0.4, -0.2) is 17.5 Å². The normalized spacial score (nSPS) is 14.8. The summed E-state index contributed by atoms with van der Waals surface area (Å²) in [5, 5.41) is 3.07. The lowest BCUT2D eigenvalue weighted by atomic mass is 9.93. The van der Waals surface area contributed by atoms with E-state index in [1.54, 1.807) is 0 Å². The van der Waals surface area contributed by atoms with Crippen molar-refractivity contribution in [3.8, 4) is 0 Å². The zero-order valence-corrected chi connectivity index (χ0v) is 13.6. The molecule has 1 aromatic rings. The summed E-state index contributed by atoms with van der Waals surface area (Å²) >= 11 is 3.42. The molecule has 0 saturated heterocycles. The first-order chi connectivity index (χ1) is 8.71. The van der Waals surface area contributed by atoms with E-state index in [9.17, 15) is 4.79 Å². The van der Waals surface area contributed by atoms with E-state index in [1.165, 1.54) is 5.56 Å². The van der Waals surface area contributed by atoms with E-state index in [-0.39, 0.29) is 23.4 Å². The van der Waals surface area contributed by atoms with Crippen molar-refractivity contribution in [3.63, 3.8) is 0 Å². The Labute approximate surface area is 124 Å². The van der Waals surface area contributed by atoms with Crippen LogP contribution in [0.3, 0.4) is 0 Å². The summed E-state index contributed by atoms with van der Waals surface area (Å²) in [6.07, 6.45) is 0.789.